The molecule has 2 aromatic carbocycles. The second-order valence-electron chi connectivity index (χ2n) is 4.32. The molecule has 6 nitrogen and oxygen atoms in total. The summed E-state index contributed by atoms with van der Waals surface area (Å²) in [5.74, 6) is -0.464. The van der Waals surface area contributed by atoms with E-state index in [0.29, 0.717) is 17.1 Å². The Kier molecular flexibility index (Phi) is 4.40. The molecule has 0 bridgehead atoms. The molecule has 0 unspecified atom stereocenters. The predicted molar refractivity (Wildman–Crippen MR) is 79.9 cm³/mol. The molecule has 0 radical (unpaired) electrons. The number of anilines is 2. The van der Waals surface area contributed by atoms with Crippen molar-refractivity contribution in [2.24, 2.45) is 5.73 Å². The Morgan fingerprint density at radius 3 is 2.38 bits per heavy atom. The van der Waals surface area contributed by atoms with Gasteiger partial charge in [0.15, 0.2) is 6.61 Å². The van der Waals surface area contributed by atoms with Crippen molar-refractivity contribution in [3.05, 3.63) is 54.1 Å². The minimum Gasteiger partial charge on any atom is -0.484 e. The number of hydrogen-bond donors (Lipinski definition) is 3. The number of nitrogens with two attached hydrogens (primary N) is 2. The lowest BCUT2D eigenvalue weighted by atomic mass is 10.1. The van der Waals surface area contributed by atoms with Gasteiger partial charge in [0.2, 0.25) is 0 Å². The summed E-state index contributed by atoms with van der Waals surface area (Å²) < 4.78 is 5.31. The van der Waals surface area contributed by atoms with Gasteiger partial charge in [-0.3, -0.25) is 9.59 Å². The molecule has 0 saturated carbocycles. The van der Waals surface area contributed by atoms with Gasteiger partial charge in [-0.15, -0.1) is 0 Å². The van der Waals surface area contributed by atoms with E-state index < -0.39 is 5.91 Å². The number of amides is 2. The molecule has 0 spiro atoms. The minimum absolute atomic E-state index is 0.184. The number of rotatable bonds is 5. The quantitative estimate of drug-likeness (QED) is 0.721. The zero-order chi connectivity index (χ0) is 15.2. The number of carbonyl (C=O) groups is 2. The summed E-state index contributed by atoms with van der Waals surface area (Å²) >= 11 is 0. The molecular weight excluding hydrogens is 270 g/mol. The van der Waals surface area contributed by atoms with Crippen LogP contribution in [0.1, 0.15) is 10.4 Å². The number of benzene rings is 2. The summed E-state index contributed by atoms with van der Waals surface area (Å²) in [4.78, 5) is 23.1. The number of nitrogen functional groups attached to an aromatic ring is 1. The fourth-order valence-electron chi connectivity index (χ4n) is 1.71. The zero-order valence-electron chi connectivity index (χ0n) is 11.2. The maximum Gasteiger partial charge on any atom is 0.262 e. The third-order valence-corrected chi connectivity index (χ3v) is 2.72. The summed E-state index contributed by atoms with van der Waals surface area (Å²) in [7, 11) is 0. The Balaban J connectivity index is 1.96. The fourth-order valence-corrected chi connectivity index (χ4v) is 1.71. The van der Waals surface area contributed by atoms with E-state index in [1.165, 1.54) is 0 Å². The van der Waals surface area contributed by atoms with Gasteiger partial charge < -0.3 is 21.5 Å². The van der Waals surface area contributed by atoms with Crippen LogP contribution in [0.4, 0.5) is 11.4 Å². The molecule has 0 aromatic heterocycles. The molecule has 6 heteroatoms. The second kappa shape index (κ2) is 6.42. The topological polar surface area (TPSA) is 107 Å². The van der Waals surface area contributed by atoms with Crippen LogP contribution in [0, 0.1) is 0 Å². The summed E-state index contributed by atoms with van der Waals surface area (Å²) in [6.07, 6.45) is 0. The van der Waals surface area contributed by atoms with Crippen molar-refractivity contribution >= 4 is 23.2 Å². The van der Waals surface area contributed by atoms with Crippen molar-refractivity contribution in [3.8, 4) is 5.75 Å². The van der Waals surface area contributed by atoms with E-state index in [2.05, 4.69) is 5.32 Å². The van der Waals surface area contributed by atoms with Gasteiger partial charge in [-0.1, -0.05) is 12.1 Å². The van der Waals surface area contributed by atoms with Crippen molar-refractivity contribution in [3.63, 3.8) is 0 Å². The lowest BCUT2D eigenvalue weighted by molar-refractivity contribution is -0.118. The summed E-state index contributed by atoms with van der Waals surface area (Å²) in [5.41, 5.74) is 12.0. The van der Waals surface area contributed by atoms with Crippen molar-refractivity contribution in [1.82, 2.24) is 0 Å². The van der Waals surface area contributed by atoms with Crippen LogP contribution in [0.25, 0.3) is 0 Å². The standard InChI is InChI=1S/C15H15N3O3/c16-10-5-7-11(8-6-10)21-9-14(19)18-13-4-2-1-3-12(13)15(17)20/h1-8H,9,16H2,(H2,17,20)(H,18,19). The van der Waals surface area contributed by atoms with Crippen LogP contribution in [0.15, 0.2) is 48.5 Å². The molecular formula is C15H15N3O3. The Morgan fingerprint density at radius 2 is 1.71 bits per heavy atom. The van der Waals surface area contributed by atoms with Crippen LogP contribution >= 0.6 is 0 Å². The van der Waals surface area contributed by atoms with E-state index in [4.69, 9.17) is 16.2 Å². The highest BCUT2D eigenvalue weighted by Gasteiger charge is 2.10. The lowest BCUT2D eigenvalue weighted by Gasteiger charge is -2.10. The van der Waals surface area contributed by atoms with Gasteiger partial charge in [-0.25, -0.2) is 0 Å². The van der Waals surface area contributed by atoms with Gasteiger partial charge in [0.05, 0.1) is 11.3 Å². The van der Waals surface area contributed by atoms with Crippen LogP contribution in [-0.2, 0) is 4.79 Å². The molecule has 21 heavy (non-hydrogen) atoms. The molecule has 0 aliphatic carbocycles. The van der Waals surface area contributed by atoms with Crippen LogP contribution in [0.2, 0.25) is 0 Å². The molecule has 0 fully saturated rings. The molecule has 0 heterocycles. The highest BCUT2D eigenvalue weighted by Crippen LogP contribution is 2.15. The SMILES string of the molecule is NC(=O)c1ccccc1NC(=O)COc1ccc(N)cc1. The molecule has 2 aromatic rings. The first kappa shape index (κ1) is 14.4. The Labute approximate surface area is 121 Å². The van der Waals surface area contributed by atoms with Gasteiger partial charge >= 0.3 is 0 Å². The third-order valence-electron chi connectivity index (χ3n) is 2.72. The van der Waals surface area contributed by atoms with E-state index in [1.54, 1.807) is 48.5 Å². The molecule has 5 N–H and O–H groups in total. The van der Waals surface area contributed by atoms with Gasteiger partial charge in [-0.05, 0) is 36.4 Å². The van der Waals surface area contributed by atoms with Crippen molar-refractivity contribution in [2.45, 2.75) is 0 Å². The normalized spacial score (nSPS) is 9.90. The maximum absolute atomic E-state index is 11.8. The molecule has 108 valence electrons. The molecule has 2 amide bonds. The summed E-state index contributed by atoms with van der Waals surface area (Å²) in [5, 5.41) is 2.58. The Morgan fingerprint density at radius 1 is 1.05 bits per heavy atom. The van der Waals surface area contributed by atoms with Crippen LogP contribution in [0.3, 0.4) is 0 Å². The van der Waals surface area contributed by atoms with E-state index >= 15 is 0 Å². The number of hydrogen-bond acceptors (Lipinski definition) is 4. The average Bonchev–Trinajstić information content (AvgIpc) is 2.47. The van der Waals surface area contributed by atoms with Gasteiger partial charge in [0.25, 0.3) is 11.8 Å². The molecule has 0 saturated heterocycles. The molecule has 2 rings (SSSR count). The van der Waals surface area contributed by atoms with Crippen LogP contribution in [0.5, 0.6) is 5.75 Å². The van der Waals surface area contributed by atoms with Gasteiger partial charge in [-0.2, -0.15) is 0 Å². The first-order chi connectivity index (χ1) is 10.1. The van der Waals surface area contributed by atoms with Crippen molar-refractivity contribution in [1.29, 1.82) is 0 Å². The van der Waals surface area contributed by atoms with E-state index in [0.717, 1.165) is 0 Å². The van der Waals surface area contributed by atoms with E-state index in [9.17, 15) is 9.59 Å². The van der Waals surface area contributed by atoms with E-state index in [-0.39, 0.29) is 18.1 Å². The number of para-hydroxylation sites is 1. The third kappa shape index (κ3) is 3.97. The second-order valence-corrected chi connectivity index (χ2v) is 4.32. The largest absolute Gasteiger partial charge is 0.484 e. The highest BCUT2D eigenvalue weighted by atomic mass is 16.5. The molecule has 0 atom stereocenters. The maximum atomic E-state index is 11.8. The van der Waals surface area contributed by atoms with Gasteiger partial charge in [0, 0.05) is 5.69 Å². The van der Waals surface area contributed by atoms with Crippen molar-refractivity contribution < 1.29 is 14.3 Å². The first-order valence-electron chi connectivity index (χ1n) is 6.23. The predicted octanol–water partition coefficient (Wildman–Crippen LogP) is 1.39. The number of primary amides is 1. The number of nitrogens with one attached hydrogen (secondary N) is 1. The molecule has 0 aliphatic rings. The van der Waals surface area contributed by atoms with Crippen LogP contribution < -0.4 is 21.5 Å². The fraction of sp³-hybridized carbons (Fsp3) is 0.0667. The monoisotopic (exact) mass is 285 g/mol. The van der Waals surface area contributed by atoms with Crippen LogP contribution in [-0.4, -0.2) is 18.4 Å². The summed E-state index contributed by atoms with van der Waals surface area (Å²) in [6.45, 7) is -0.184. The zero-order valence-corrected chi connectivity index (χ0v) is 11.2. The number of carbonyl (C=O) groups excluding carboxylic acids is 2. The van der Waals surface area contributed by atoms with Crippen molar-refractivity contribution in [2.75, 3.05) is 17.7 Å². The lowest BCUT2D eigenvalue weighted by Crippen LogP contribution is -2.22. The minimum atomic E-state index is -0.606. The van der Waals surface area contributed by atoms with E-state index in [1.807, 2.05) is 0 Å². The highest BCUT2D eigenvalue weighted by molar-refractivity contribution is 6.03. The smallest absolute Gasteiger partial charge is 0.262 e. The first-order valence-corrected chi connectivity index (χ1v) is 6.23. The summed E-state index contributed by atoms with van der Waals surface area (Å²) in [6, 6.07) is 13.2. The Bertz CT molecular complexity index is 653. The average molecular weight is 285 g/mol. The number of ether oxygens (including phenoxy) is 1. The molecule has 0 aliphatic heterocycles. The van der Waals surface area contributed by atoms with Gasteiger partial charge in [0.1, 0.15) is 5.75 Å². The Hall–Kier alpha value is -3.02.